The van der Waals surface area contributed by atoms with Gasteiger partial charge >= 0.3 is 0 Å². The molecule has 0 aromatic carbocycles. The zero-order chi connectivity index (χ0) is 7.73. The molecule has 0 bridgehead atoms. The molecule has 1 aliphatic heterocycles. The molecule has 2 heteroatoms. The van der Waals surface area contributed by atoms with E-state index in [-0.39, 0.29) is 11.3 Å². The van der Waals surface area contributed by atoms with E-state index < -0.39 is 0 Å². The summed E-state index contributed by atoms with van der Waals surface area (Å²) >= 11 is 0. The predicted octanol–water partition coefficient (Wildman–Crippen LogP) is 1.38. The van der Waals surface area contributed by atoms with Crippen molar-refractivity contribution in [2.45, 2.75) is 37.6 Å². The maximum absolute atomic E-state index is 11.4. The van der Waals surface area contributed by atoms with Crippen molar-refractivity contribution in [1.29, 1.82) is 0 Å². The van der Waals surface area contributed by atoms with Crippen LogP contribution in [-0.4, -0.2) is 11.3 Å². The summed E-state index contributed by atoms with van der Waals surface area (Å²) in [6.45, 7) is 0. The molecule has 0 unspecified atom stereocenters. The van der Waals surface area contributed by atoms with Gasteiger partial charge in [-0.1, -0.05) is 19.3 Å². The standard InChI is InChI=1S/C9H13NO/c11-8-4-7-10-9(8)5-2-1-3-6-9/h4,7,10H,1-3,5-6H2. The molecule has 0 saturated heterocycles. The Morgan fingerprint density at radius 3 is 2.55 bits per heavy atom. The van der Waals surface area contributed by atoms with Crippen LogP contribution in [0.15, 0.2) is 12.3 Å². The van der Waals surface area contributed by atoms with Crippen molar-refractivity contribution in [2.75, 3.05) is 0 Å². The van der Waals surface area contributed by atoms with Gasteiger partial charge in [0.25, 0.3) is 0 Å². The summed E-state index contributed by atoms with van der Waals surface area (Å²) < 4.78 is 0. The van der Waals surface area contributed by atoms with E-state index in [1.165, 1.54) is 19.3 Å². The van der Waals surface area contributed by atoms with Crippen molar-refractivity contribution >= 4 is 5.78 Å². The summed E-state index contributed by atoms with van der Waals surface area (Å²) in [4.78, 5) is 11.4. The van der Waals surface area contributed by atoms with Crippen molar-refractivity contribution in [1.82, 2.24) is 5.32 Å². The van der Waals surface area contributed by atoms with Crippen LogP contribution in [0.3, 0.4) is 0 Å². The lowest BCUT2D eigenvalue weighted by Gasteiger charge is -2.32. The first kappa shape index (κ1) is 6.89. The van der Waals surface area contributed by atoms with Gasteiger partial charge in [-0.3, -0.25) is 4.79 Å². The van der Waals surface area contributed by atoms with Gasteiger partial charge in [-0.15, -0.1) is 0 Å². The van der Waals surface area contributed by atoms with Crippen LogP contribution < -0.4 is 5.32 Å². The van der Waals surface area contributed by atoms with Gasteiger partial charge in [0.2, 0.25) is 0 Å². The van der Waals surface area contributed by atoms with Crippen molar-refractivity contribution in [3.63, 3.8) is 0 Å². The van der Waals surface area contributed by atoms with Gasteiger partial charge in [0.1, 0.15) is 0 Å². The van der Waals surface area contributed by atoms with Crippen LogP contribution in [0.1, 0.15) is 32.1 Å². The minimum Gasteiger partial charge on any atom is -0.378 e. The van der Waals surface area contributed by atoms with Gasteiger partial charge in [0, 0.05) is 6.20 Å². The van der Waals surface area contributed by atoms with Crippen LogP contribution in [0, 0.1) is 0 Å². The Bertz CT molecular complexity index is 202. The Kier molecular flexibility index (Phi) is 1.48. The fourth-order valence-electron chi connectivity index (χ4n) is 2.05. The Morgan fingerprint density at radius 1 is 1.27 bits per heavy atom. The molecule has 0 atom stereocenters. The van der Waals surface area contributed by atoms with E-state index in [4.69, 9.17) is 0 Å². The van der Waals surface area contributed by atoms with E-state index >= 15 is 0 Å². The molecule has 1 heterocycles. The number of ketones is 1. The molecule has 0 aromatic rings. The fourth-order valence-corrected chi connectivity index (χ4v) is 2.05. The summed E-state index contributed by atoms with van der Waals surface area (Å²) in [6.07, 6.45) is 9.20. The SMILES string of the molecule is O=C1C=CNC12CCCCC2. The summed E-state index contributed by atoms with van der Waals surface area (Å²) in [5.74, 6) is 0.289. The van der Waals surface area contributed by atoms with E-state index in [1.807, 2.05) is 0 Å². The highest BCUT2D eigenvalue weighted by Crippen LogP contribution is 2.31. The van der Waals surface area contributed by atoms with Gasteiger partial charge in [-0.25, -0.2) is 0 Å². The fraction of sp³-hybridized carbons (Fsp3) is 0.667. The molecule has 1 spiro atoms. The molecule has 1 aliphatic carbocycles. The normalized spacial score (nSPS) is 27.5. The number of hydrogen-bond acceptors (Lipinski definition) is 2. The van der Waals surface area contributed by atoms with Crippen molar-refractivity contribution in [3.8, 4) is 0 Å². The second-order valence-electron chi connectivity index (χ2n) is 3.48. The average Bonchev–Trinajstić information content (AvgIpc) is 2.36. The quantitative estimate of drug-likeness (QED) is 0.566. The van der Waals surface area contributed by atoms with Crippen LogP contribution >= 0.6 is 0 Å². The number of carbonyl (C=O) groups is 1. The van der Waals surface area contributed by atoms with Gasteiger partial charge in [-0.2, -0.15) is 0 Å². The molecule has 60 valence electrons. The van der Waals surface area contributed by atoms with E-state index in [0.717, 1.165) is 12.8 Å². The second-order valence-corrected chi connectivity index (χ2v) is 3.48. The predicted molar refractivity (Wildman–Crippen MR) is 43.1 cm³/mol. The van der Waals surface area contributed by atoms with Crippen molar-refractivity contribution in [3.05, 3.63) is 12.3 Å². The first-order chi connectivity index (χ1) is 5.33. The van der Waals surface area contributed by atoms with Gasteiger partial charge in [-0.05, 0) is 18.9 Å². The first-order valence-electron chi connectivity index (χ1n) is 4.32. The van der Waals surface area contributed by atoms with Crippen LogP contribution in [0.5, 0.6) is 0 Å². The lowest BCUT2D eigenvalue weighted by molar-refractivity contribution is -0.120. The molecule has 0 amide bonds. The summed E-state index contributed by atoms with van der Waals surface area (Å²) in [7, 11) is 0. The van der Waals surface area contributed by atoms with Crippen LogP contribution in [0.2, 0.25) is 0 Å². The van der Waals surface area contributed by atoms with Crippen LogP contribution in [-0.2, 0) is 4.79 Å². The smallest absolute Gasteiger partial charge is 0.182 e. The van der Waals surface area contributed by atoms with Crippen LogP contribution in [0.25, 0.3) is 0 Å². The molecular weight excluding hydrogens is 138 g/mol. The lowest BCUT2D eigenvalue weighted by atomic mass is 9.80. The molecule has 0 aromatic heterocycles. The summed E-state index contributed by atoms with van der Waals surface area (Å²) in [5, 5.41) is 3.19. The zero-order valence-electron chi connectivity index (χ0n) is 6.60. The van der Waals surface area contributed by atoms with Gasteiger partial charge in [0.05, 0.1) is 5.54 Å². The number of hydrogen-bond donors (Lipinski definition) is 1. The van der Waals surface area contributed by atoms with Crippen molar-refractivity contribution < 1.29 is 4.79 Å². The van der Waals surface area contributed by atoms with Crippen molar-refractivity contribution in [2.24, 2.45) is 0 Å². The third kappa shape index (κ3) is 0.971. The van der Waals surface area contributed by atoms with E-state index in [1.54, 1.807) is 12.3 Å². The number of rotatable bonds is 0. The highest BCUT2D eigenvalue weighted by Gasteiger charge is 2.39. The number of carbonyl (C=O) groups excluding carboxylic acids is 1. The molecule has 1 saturated carbocycles. The minimum atomic E-state index is -0.168. The highest BCUT2D eigenvalue weighted by atomic mass is 16.1. The number of nitrogens with one attached hydrogen (secondary N) is 1. The first-order valence-corrected chi connectivity index (χ1v) is 4.32. The topological polar surface area (TPSA) is 29.1 Å². The molecule has 11 heavy (non-hydrogen) atoms. The molecule has 2 aliphatic rings. The Balaban J connectivity index is 2.15. The van der Waals surface area contributed by atoms with E-state index in [2.05, 4.69) is 5.32 Å². The maximum atomic E-state index is 11.4. The summed E-state index contributed by atoms with van der Waals surface area (Å²) in [5.41, 5.74) is -0.168. The molecule has 1 N–H and O–H groups in total. The lowest BCUT2D eigenvalue weighted by Crippen LogP contribution is -2.46. The van der Waals surface area contributed by atoms with E-state index in [9.17, 15) is 4.79 Å². The monoisotopic (exact) mass is 151 g/mol. The molecule has 2 rings (SSSR count). The Hall–Kier alpha value is -0.790. The third-order valence-corrected chi connectivity index (χ3v) is 2.77. The van der Waals surface area contributed by atoms with Gasteiger partial charge < -0.3 is 5.32 Å². The average molecular weight is 151 g/mol. The Labute approximate surface area is 66.7 Å². The molecule has 0 radical (unpaired) electrons. The Morgan fingerprint density at radius 2 is 2.00 bits per heavy atom. The van der Waals surface area contributed by atoms with Gasteiger partial charge in [0.15, 0.2) is 5.78 Å². The highest BCUT2D eigenvalue weighted by molar-refractivity contribution is 6.00. The molecule has 1 fully saturated rings. The van der Waals surface area contributed by atoms with E-state index in [0.29, 0.717) is 0 Å². The summed E-state index contributed by atoms with van der Waals surface area (Å²) in [6, 6.07) is 0. The third-order valence-electron chi connectivity index (χ3n) is 2.77. The minimum absolute atomic E-state index is 0.168. The second kappa shape index (κ2) is 2.36. The molecule has 2 nitrogen and oxygen atoms in total. The van der Waals surface area contributed by atoms with Crippen LogP contribution in [0.4, 0.5) is 0 Å². The molecular formula is C9H13NO. The largest absolute Gasteiger partial charge is 0.378 e. The zero-order valence-corrected chi connectivity index (χ0v) is 6.60. The maximum Gasteiger partial charge on any atom is 0.182 e.